The van der Waals surface area contributed by atoms with E-state index in [0.717, 1.165) is 5.69 Å². The highest BCUT2D eigenvalue weighted by Gasteiger charge is 2.44. The SMILES string of the molecule is COc1ccc(N2C(=O)C[C@H](N3CCN(c4ccccc4O)CC3)C2=O)c(OC)c1. The first-order chi connectivity index (χ1) is 14.5. The lowest BCUT2D eigenvalue weighted by Gasteiger charge is -2.38. The smallest absolute Gasteiger partial charge is 0.251 e. The molecule has 0 unspecified atom stereocenters. The summed E-state index contributed by atoms with van der Waals surface area (Å²) in [4.78, 5) is 31.3. The molecule has 1 N–H and O–H groups in total. The van der Waals surface area contributed by atoms with Gasteiger partial charge in [0.05, 0.1) is 38.1 Å². The van der Waals surface area contributed by atoms with Crippen LogP contribution in [0, 0.1) is 0 Å². The first kappa shape index (κ1) is 20.0. The van der Waals surface area contributed by atoms with Crippen molar-refractivity contribution in [1.29, 1.82) is 0 Å². The molecular weight excluding hydrogens is 386 g/mol. The number of aromatic hydroxyl groups is 1. The third-order valence-corrected chi connectivity index (χ3v) is 5.73. The summed E-state index contributed by atoms with van der Waals surface area (Å²) < 4.78 is 10.6. The minimum absolute atomic E-state index is 0.143. The Bertz CT molecular complexity index is 956. The lowest BCUT2D eigenvalue weighted by atomic mass is 10.1. The van der Waals surface area contributed by atoms with Gasteiger partial charge in [-0.25, -0.2) is 4.90 Å². The van der Waals surface area contributed by atoms with Crippen LogP contribution in [0.4, 0.5) is 11.4 Å². The Morgan fingerprint density at radius 1 is 0.933 bits per heavy atom. The summed E-state index contributed by atoms with van der Waals surface area (Å²) in [6.45, 7) is 2.60. The molecule has 2 aliphatic rings. The Morgan fingerprint density at radius 3 is 2.33 bits per heavy atom. The van der Waals surface area contributed by atoms with Crippen molar-refractivity contribution in [1.82, 2.24) is 4.90 Å². The highest BCUT2D eigenvalue weighted by molar-refractivity contribution is 6.23. The van der Waals surface area contributed by atoms with E-state index in [9.17, 15) is 14.7 Å². The predicted molar refractivity (Wildman–Crippen MR) is 112 cm³/mol. The zero-order valence-electron chi connectivity index (χ0n) is 17.1. The molecule has 1 atom stereocenters. The molecule has 0 bridgehead atoms. The summed E-state index contributed by atoms with van der Waals surface area (Å²) in [6.07, 6.45) is 0.143. The van der Waals surface area contributed by atoms with Gasteiger partial charge in [0.2, 0.25) is 5.91 Å². The highest BCUT2D eigenvalue weighted by Crippen LogP contribution is 2.36. The maximum absolute atomic E-state index is 13.2. The van der Waals surface area contributed by atoms with Gasteiger partial charge in [0.1, 0.15) is 17.2 Å². The van der Waals surface area contributed by atoms with Crippen molar-refractivity contribution in [3.63, 3.8) is 0 Å². The van der Waals surface area contributed by atoms with Crippen molar-refractivity contribution in [3.05, 3.63) is 42.5 Å². The number of phenols is 1. The van der Waals surface area contributed by atoms with Gasteiger partial charge in [-0.1, -0.05) is 12.1 Å². The number of carbonyl (C=O) groups is 2. The number of ether oxygens (including phenoxy) is 2. The van der Waals surface area contributed by atoms with Crippen LogP contribution >= 0.6 is 0 Å². The third kappa shape index (κ3) is 3.54. The molecule has 0 spiro atoms. The number of hydrogen-bond acceptors (Lipinski definition) is 7. The van der Waals surface area contributed by atoms with Crippen LogP contribution in [0.3, 0.4) is 0 Å². The fraction of sp³-hybridized carbons (Fsp3) is 0.364. The molecule has 2 heterocycles. The van der Waals surface area contributed by atoms with E-state index in [0.29, 0.717) is 43.4 Å². The monoisotopic (exact) mass is 411 g/mol. The van der Waals surface area contributed by atoms with Gasteiger partial charge in [0.15, 0.2) is 0 Å². The highest BCUT2D eigenvalue weighted by atomic mass is 16.5. The van der Waals surface area contributed by atoms with Crippen molar-refractivity contribution in [3.8, 4) is 17.2 Å². The van der Waals surface area contributed by atoms with Crippen LogP contribution in [0.2, 0.25) is 0 Å². The van der Waals surface area contributed by atoms with Gasteiger partial charge in [-0.2, -0.15) is 0 Å². The van der Waals surface area contributed by atoms with Crippen LogP contribution in [-0.2, 0) is 9.59 Å². The van der Waals surface area contributed by atoms with E-state index >= 15 is 0 Å². The van der Waals surface area contributed by atoms with E-state index in [1.165, 1.54) is 12.0 Å². The molecule has 2 saturated heterocycles. The second-order valence-electron chi connectivity index (χ2n) is 7.34. The molecule has 30 heavy (non-hydrogen) atoms. The summed E-state index contributed by atoms with van der Waals surface area (Å²) in [7, 11) is 3.05. The Morgan fingerprint density at radius 2 is 1.67 bits per heavy atom. The largest absolute Gasteiger partial charge is 0.506 e. The number of carbonyl (C=O) groups excluding carboxylic acids is 2. The minimum Gasteiger partial charge on any atom is -0.506 e. The molecule has 2 aliphatic heterocycles. The lowest BCUT2D eigenvalue weighted by molar-refractivity contribution is -0.123. The number of benzene rings is 2. The molecule has 2 aromatic rings. The molecular formula is C22H25N3O5. The van der Waals surface area contributed by atoms with Crippen molar-refractivity contribution in [2.24, 2.45) is 0 Å². The van der Waals surface area contributed by atoms with Crippen molar-refractivity contribution in [2.45, 2.75) is 12.5 Å². The number of phenolic OH excluding ortho intramolecular Hbond substituents is 1. The second kappa shape index (κ2) is 8.23. The average Bonchev–Trinajstić information content (AvgIpc) is 3.07. The van der Waals surface area contributed by atoms with E-state index in [4.69, 9.17) is 9.47 Å². The molecule has 8 nitrogen and oxygen atoms in total. The van der Waals surface area contributed by atoms with Crippen LogP contribution in [0.1, 0.15) is 6.42 Å². The molecule has 8 heteroatoms. The zero-order valence-corrected chi connectivity index (χ0v) is 17.1. The normalized spacial score (nSPS) is 20.0. The van der Waals surface area contributed by atoms with Crippen molar-refractivity contribution < 1.29 is 24.2 Å². The van der Waals surface area contributed by atoms with Crippen molar-refractivity contribution in [2.75, 3.05) is 50.2 Å². The van der Waals surface area contributed by atoms with Crippen LogP contribution in [0.15, 0.2) is 42.5 Å². The van der Waals surface area contributed by atoms with Gasteiger partial charge in [-0.15, -0.1) is 0 Å². The standard InChI is InChI=1S/C22H25N3O5/c1-29-15-7-8-17(20(13-15)30-2)25-21(27)14-18(22(25)28)24-11-9-23(10-12-24)16-5-3-4-6-19(16)26/h3-8,13,18,26H,9-12,14H2,1-2H3/t18-/m0/s1. The molecule has 0 radical (unpaired) electrons. The molecule has 2 aromatic carbocycles. The van der Waals surface area contributed by atoms with E-state index in [2.05, 4.69) is 4.90 Å². The Hall–Kier alpha value is -3.26. The quantitative estimate of drug-likeness (QED) is 0.752. The van der Waals surface area contributed by atoms with E-state index < -0.39 is 6.04 Å². The van der Waals surface area contributed by atoms with Crippen LogP contribution in [0.5, 0.6) is 17.2 Å². The third-order valence-electron chi connectivity index (χ3n) is 5.73. The fourth-order valence-corrected chi connectivity index (χ4v) is 4.13. The number of nitrogens with zero attached hydrogens (tertiary/aromatic N) is 3. The number of imide groups is 1. The molecule has 2 fully saturated rings. The van der Waals surface area contributed by atoms with Gasteiger partial charge in [-0.3, -0.25) is 14.5 Å². The summed E-state index contributed by atoms with van der Waals surface area (Å²) >= 11 is 0. The van der Waals surface area contributed by atoms with Crippen LogP contribution in [-0.4, -0.2) is 68.3 Å². The summed E-state index contributed by atoms with van der Waals surface area (Å²) in [5.74, 6) is 0.777. The summed E-state index contributed by atoms with van der Waals surface area (Å²) in [6, 6.07) is 11.8. The molecule has 0 aromatic heterocycles. The summed E-state index contributed by atoms with van der Waals surface area (Å²) in [5, 5.41) is 10.1. The fourth-order valence-electron chi connectivity index (χ4n) is 4.13. The minimum atomic E-state index is -0.490. The Labute approximate surface area is 175 Å². The van der Waals surface area contributed by atoms with Crippen molar-refractivity contribution >= 4 is 23.2 Å². The number of amides is 2. The molecule has 4 rings (SSSR count). The van der Waals surface area contributed by atoms with Gasteiger partial charge >= 0.3 is 0 Å². The summed E-state index contributed by atoms with van der Waals surface area (Å²) in [5.41, 5.74) is 1.22. The van der Waals surface area contributed by atoms with Crippen LogP contribution < -0.4 is 19.3 Å². The number of piperazine rings is 1. The van der Waals surface area contributed by atoms with Gasteiger partial charge in [-0.05, 0) is 24.3 Å². The first-order valence-corrected chi connectivity index (χ1v) is 9.89. The molecule has 0 saturated carbocycles. The molecule has 158 valence electrons. The van der Waals surface area contributed by atoms with E-state index in [1.54, 1.807) is 37.4 Å². The predicted octanol–water partition coefficient (Wildman–Crippen LogP) is 1.86. The maximum Gasteiger partial charge on any atom is 0.251 e. The van der Waals surface area contributed by atoms with E-state index in [1.807, 2.05) is 17.0 Å². The first-order valence-electron chi connectivity index (χ1n) is 9.89. The number of rotatable bonds is 5. The number of anilines is 2. The number of methoxy groups -OCH3 is 2. The van der Waals surface area contributed by atoms with Gasteiger partial charge in [0.25, 0.3) is 5.91 Å². The number of para-hydroxylation sites is 2. The second-order valence-corrected chi connectivity index (χ2v) is 7.34. The number of hydrogen-bond donors (Lipinski definition) is 1. The topological polar surface area (TPSA) is 82.5 Å². The molecule has 0 aliphatic carbocycles. The molecule has 2 amide bonds. The maximum atomic E-state index is 13.2. The Kier molecular flexibility index (Phi) is 5.50. The van der Waals surface area contributed by atoms with Gasteiger partial charge in [0, 0.05) is 32.2 Å². The Balaban J connectivity index is 1.48. The zero-order chi connectivity index (χ0) is 21.3. The van der Waals surface area contributed by atoms with Gasteiger partial charge < -0.3 is 19.5 Å². The van der Waals surface area contributed by atoms with E-state index in [-0.39, 0.29) is 24.0 Å². The van der Waals surface area contributed by atoms with Crippen LogP contribution in [0.25, 0.3) is 0 Å². The average molecular weight is 411 g/mol. The lowest BCUT2D eigenvalue weighted by Crippen LogP contribution is -2.52.